The van der Waals surface area contributed by atoms with Gasteiger partial charge in [-0.3, -0.25) is 0 Å². The van der Waals surface area contributed by atoms with Crippen LogP contribution in [0.3, 0.4) is 0 Å². The van der Waals surface area contributed by atoms with Crippen molar-refractivity contribution in [3.05, 3.63) is 22.7 Å². The molecule has 1 aliphatic rings. The summed E-state index contributed by atoms with van der Waals surface area (Å²) in [6.07, 6.45) is 2.14. The SMILES string of the molecule is COc1ccc(Br)c(S(=O)(=O)NCC2CCCNC2)c1. The van der Waals surface area contributed by atoms with Gasteiger partial charge in [-0.1, -0.05) is 0 Å². The number of halogens is 1. The number of benzene rings is 1. The van der Waals surface area contributed by atoms with Gasteiger partial charge in [-0.05, 0) is 59.9 Å². The first-order valence-corrected chi connectivity index (χ1v) is 8.84. The Morgan fingerprint density at radius 2 is 2.30 bits per heavy atom. The molecule has 0 aliphatic carbocycles. The lowest BCUT2D eigenvalue weighted by atomic mass is 10.0. The van der Waals surface area contributed by atoms with E-state index in [0.29, 0.717) is 22.7 Å². The molecule has 1 fully saturated rings. The van der Waals surface area contributed by atoms with Gasteiger partial charge in [-0.25, -0.2) is 13.1 Å². The fourth-order valence-electron chi connectivity index (χ4n) is 2.22. The van der Waals surface area contributed by atoms with E-state index >= 15 is 0 Å². The van der Waals surface area contributed by atoms with Crippen LogP contribution in [-0.4, -0.2) is 35.2 Å². The van der Waals surface area contributed by atoms with Gasteiger partial charge in [-0.15, -0.1) is 0 Å². The van der Waals surface area contributed by atoms with Crippen molar-refractivity contribution in [3.8, 4) is 5.75 Å². The molecule has 1 aromatic carbocycles. The first kappa shape index (κ1) is 15.8. The van der Waals surface area contributed by atoms with Gasteiger partial charge >= 0.3 is 0 Å². The van der Waals surface area contributed by atoms with Gasteiger partial charge in [0.15, 0.2) is 0 Å². The van der Waals surface area contributed by atoms with Gasteiger partial charge in [-0.2, -0.15) is 0 Å². The maximum atomic E-state index is 12.3. The van der Waals surface area contributed by atoms with Crippen LogP contribution in [0.1, 0.15) is 12.8 Å². The van der Waals surface area contributed by atoms with Crippen molar-refractivity contribution in [2.75, 3.05) is 26.7 Å². The molecule has 2 N–H and O–H groups in total. The Morgan fingerprint density at radius 3 is 2.95 bits per heavy atom. The number of piperidine rings is 1. The molecule has 1 atom stereocenters. The quantitative estimate of drug-likeness (QED) is 0.836. The zero-order valence-corrected chi connectivity index (χ0v) is 13.8. The van der Waals surface area contributed by atoms with E-state index in [0.717, 1.165) is 25.9 Å². The van der Waals surface area contributed by atoms with Gasteiger partial charge < -0.3 is 10.1 Å². The van der Waals surface area contributed by atoms with Crippen LogP contribution in [0.4, 0.5) is 0 Å². The van der Waals surface area contributed by atoms with Crippen LogP contribution >= 0.6 is 15.9 Å². The Kier molecular flexibility index (Phi) is 5.42. The zero-order valence-electron chi connectivity index (χ0n) is 11.4. The van der Waals surface area contributed by atoms with Crippen LogP contribution in [0.15, 0.2) is 27.6 Å². The molecule has 1 aromatic rings. The first-order valence-electron chi connectivity index (χ1n) is 6.57. The van der Waals surface area contributed by atoms with Crippen molar-refractivity contribution in [1.82, 2.24) is 10.0 Å². The molecule has 5 nitrogen and oxygen atoms in total. The molecule has 0 saturated carbocycles. The summed E-state index contributed by atoms with van der Waals surface area (Å²) >= 11 is 3.27. The molecule has 1 saturated heterocycles. The maximum Gasteiger partial charge on any atom is 0.241 e. The molecular formula is C13H19BrN2O3S. The van der Waals surface area contributed by atoms with Crippen molar-refractivity contribution in [2.24, 2.45) is 5.92 Å². The largest absolute Gasteiger partial charge is 0.497 e. The minimum Gasteiger partial charge on any atom is -0.497 e. The fraction of sp³-hybridized carbons (Fsp3) is 0.538. The lowest BCUT2D eigenvalue weighted by Gasteiger charge is -2.23. The van der Waals surface area contributed by atoms with Crippen molar-refractivity contribution in [1.29, 1.82) is 0 Å². The molecule has 1 unspecified atom stereocenters. The third kappa shape index (κ3) is 3.94. The van der Waals surface area contributed by atoms with Crippen LogP contribution in [0.2, 0.25) is 0 Å². The highest BCUT2D eigenvalue weighted by molar-refractivity contribution is 9.10. The molecular weight excluding hydrogens is 344 g/mol. The van der Waals surface area contributed by atoms with Crippen LogP contribution < -0.4 is 14.8 Å². The maximum absolute atomic E-state index is 12.3. The Labute approximate surface area is 128 Å². The van der Waals surface area contributed by atoms with E-state index in [2.05, 4.69) is 26.0 Å². The number of hydrogen-bond donors (Lipinski definition) is 2. The molecule has 20 heavy (non-hydrogen) atoms. The third-order valence-electron chi connectivity index (χ3n) is 3.39. The summed E-state index contributed by atoms with van der Waals surface area (Å²) in [4.78, 5) is 0.209. The number of ether oxygens (including phenoxy) is 1. The van der Waals surface area contributed by atoms with Crippen molar-refractivity contribution in [3.63, 3.8) is 0 Å². The second kappa shape index (κ2) is 6.89. The molecule has 0 bridgehead atoms. The highest BCUT2D eigenvalue weighted by Crippen LogP contribution is 2.26. The smallest absolute Gasteiger partial charge is 0.241 e. The lowest BCUT2D eigenvalue weighted by molar-refractivity contribution is 0.375. The average molecular weight is 363 g/mol. The van der Waals surface area contributed by atoms with E-state index < -0.39 is 10.0 Å². The number of methoxy groups -OCH3 is 1. The standard InChI is InChI=1S/C13H19BrN2O3S/c1-19-11-4-5-12(14)13(7-11)20(17,18)16-9-10-3-2-6-15-8-10/h4-5,7,10,15-16H,2-3,6,8-9H2,1H3. The topological polar surface area (TPSA) is 67.4 Å². The highest BCUT2D eigenvalue weighted by Gasteiger charge is 2.21. The molecule has 7 heteroatoms. The van der Waals surface area contributed by atoms with Crippen LogP contribution in [0.5, 0.6) is 5.75 Å². The van der Waals surface area contributed by atoms with E-state index in [1.807, 2.05) is 0 Å². The van der Waals surface area contributed by atoms with Crippen molar-refractivity contribution in [2.45, 2.75) is 17.7 Å². The van der Waals surface area contributed by atoms with E-state index in [4.69, 9.17) is 4.74 Å². The molecule has 1 aliphatic heterocycles. The second-order valence-electron chi connectivity index (χ2n) is 4.86. The van der Waals surface area contributed by atoms with Gasteiger partial charge in [0, 0.05) is 17.1 Å². The predicted octanol–water partition coefficient (Wildman–Crippen LogP) is 1.74. The highest BCUT2D eigenvalue weighted by atomic mass is 79.9. The normalized spacial score (nSPS) is 19.8. The zero-order chi connectivity index (χ0) is 14.6. The van der Waals surface area contributed by atoms with Crippen LogP contribution in [0.25, 0.3) is 0 Å². The van der Waals surface area contributed by atoms with E-state index in [9.17, 15) is 8.42 Å². The summed E-state index contributed by atoms with van der Waals surface area (Å²) in [5.41, 5.74) is 0. The van der Waals surface area contributed by atoms with E-state index in [1.54, 1.807) is 12.1 Å². The Hall–Kier alpha value is -0.630. The Bertz CT molecular complexity index is 557. The van der Waals surface area contributed by atoms with Gasteiger partial charge in [0.25, 0.3) is 0 Å². The van der Waals surface area contributed by atoms with Crippen LogP contribution in [-0.2, 0) is 10.0 Å². The summed E-state index contributed by atoms with van der Waals surface area (Å²) in [7, 11) is -2.01. The van der Waals surface area contributed by atoms with Crippen molar-refractivity contribution >= 4 is 26.0 Å². The summed E-state index contributed by atoms with van der Waals surface area (Å²) in [5.74, 6) is 0.871. The monoisotopic (exact) mass is 362 g/mol. The summed E-state index contributed by atoms with van der Waals surface area (Å²) in [6, 6.07) is 4.91. The summed E-state index contributed by atoms with van der Waals surface area (Å²) < 4.78 is 33.0. The number of hydrogen-bond acceptors (Lipinski definition) is 4. The third-order valence-corrected chi connectivity index (χ3v) is 5.81. The number of nitrogens with one attached hydrogen (secondary N) is 2. The fourth-order valence-corrected chi connectivity index (χ4v) is 4.31. The van der Waals surface area contributed by atoms with E-state index in [-0.39, 0.29) is 4.90 Å². The van der Waals surface area contributed by atoms with Crippen LogP contribution in [0, 0.1) is 5.92 Å². The van der Waals surface area contributed by atoms with Gasteiger partial charge in [0.1, 0.15) is 5.75 Å². The first-order chi connectivity index (χ1) is 9.53. The predicted molar refractivity (Wildman–Crippen MR) is 81.5 cm³/mol. The minimum atomic E-state index is -3.53. The molecule has 0 aromatic heterocycles. The Balaban J connectivity index is 2.09. The summed E-state index contributed by atoms with van der Waals surface area (Å²) in [6.45, 7) is 2.34. The number of sulfonamides is 1. The molecule has 2 rings (SSSR count). The molecule has 0 spiro atoms. The minimum absolute atomic E-state index is 0.209. The summed E-state index contributed by atoms with van der Waals surface area (Å²) in [5, 5.41) is 3.28. The second-order valence-corrected chi connectivity index (χ2v) is 7.45. The molecule has 0 amide bonds. The Morgan fingerprint density at radius 1 is 1.50 bits per heavy atom. The van der Waals surface area contributed by atoms with Gasteiger partial charge in [0.2, 0.25) is 10.0 Å². The number of rotatable bonds is 5. The average Bonchev–Trinajstić information content (AvgIpc) is 2.47. The van der Waals surface area contributed by atoms with Gasteiger partial charge in [0.05, 0.1) is 12.0 Å². The molecule has 1 heterocycles. The van der Waals surface area contributed by atoms with Crippen molar-refractivity contribution < 1.29 is 13.2 Å². The molecule has 0 radical (unpaired) electrons. The molecule has 112 valence electrons. The van der Waals surface area contributed by atoms with E-state index in [1.165, 1.54) is 13.2 Å². The lowest BCUT2D eigenvalue weighted by Crippen LogP contribution is -2.38.